The Hall–Kier alpha value is -3.28. The molecule has 1 aromatic heterocycles. The lowest BCUT2D eigenvalue weighted by Gasteiger charge is -2.21. The van der Waals surface area contributed by atoms with Gasteiger partial charge in [0, 0.05) is 6.54 Å². The summed E-state index contributed by atoms with van der Waals surface area (Å²) in [6.45, 7) is 2.96. The molecule has 0 saturated carbocycles. The van der Waals surface area contributed by atoms with E-state index in [1.807, 2.05) is 60.0 Å². The molecule has 132 valence electrons. The van der Waals surface area contributed by atoms with Crippen LogP contribution in [0.15, 0.2) is 54.3 Å². The monoisotopic (exact) mass is 348 g/mol. The number of fused-ring (bicyclic) bond motifs is 1. The number of rotatable bonds is 4. The standard InChI is InChI=1S/C20H20N4O2/c1-3-23-14-9-5-4-8-13(14)22-20(23)18-16(25)12-24(19(18)21)15-10-6-7-11-17(15)26-2/h4-11,21,25H,3,12H2,1-2H3. The van der Waals surface area contributed by atoms with Gasteiger partial charge in [-0.05, 0) is 31.2 Å². The summed E-state index contributed by atoms with van der Waals surface area (Å²) in [6, 6.07) is 15.4. The van der Waals surface area contributed by atoms with Crippen LogP contribution in [0.25, 0.3) is 16.6 Å². The zero-order valence-electron chi connectivity index (χ0n) is 14.7. The molecule has 1 aliphatic rings. The highest BCUT2D eigenvalue weighted by Gasteiger charge is 2.33. The van der Waals surface area contributed by atoms with E-state index in [2.05, 4.69) is 4.98 Å². The molecule has 2 N–H and O–H groups in total. The summed E-state index contributed by atoms with van der Waals surface area (Å²) in [5, 5.41) is 19.3. The molecule has 2 heterocycles. The number of methoxy groups -OCH3 is 1. The second-order valence-corrected chi connectivity index (χ2v) is 6.10. The fraction of sp³-hybridized carbons (Fsp3) is 0.200. The summed E-state index contributed by atoms with van der Waals surface area (Å²) in [6.07, 6.45) is 0. The summed E-state index contributed by atoms with van der Waals surface area (Å²) in [5.74, 6) is 1.65. The van der Waals surface area contributed by atoms with Crippen LogP contribution in [0.4, 0.5) is 5.69 Å². The van der Waals surface area contributed by atoms with Crippen molar-refractivity contribution in [2.24, 2.45) is 0 Å². The lowest BCUT2D eigenvalue weighted by Crippen LogP contribution is -2.27. The quantitative estimate of drug-likeness (QED) is 0.751. The topological polar surface area (TPSA) is 74.4 Å². The highest BCUT2D eigenvalue weighted by molar-refractivity contribution is 6.30. The minimum absolute atomic E-state index is 0.144. The van der Waals surface area contributed by atoms with E-state index in [1.54, 1.807) is 12.0 Å². The SMILES string of the molecule is CCn1c(C2=C(O)CN(c3ccccc3OC)C2=N)nc2ccccc21. The number of benzene rings is 2. The van der Waals surface area contributed by atoms with Crippen molar-refractivity contribution in [2.75, 3.05) is 18.6 Å². The first-order chi connectivity index (χ1) is 12.7. The summed E-state index contributed by atoms with van der Waals surface area (Å²) in [5.41, 5.74) is 3.07. The Bertz CT molecular complexity index is 1040. The van der Waals surface area contributed by atoms with Crippen LogP contribution in [0.2, 0.25) is 0 Å². The lowest BCUT2D eigenvalue weighted by atomic mass is 10.2. The maximum absolute atomic E-state index is 10.7. The van der Waals surface area contributed by atoms with Crippen molar-refractivity contribution in [3.8, 4) is 5.75 Å². The van der Waals surface area contributed by atoms with Gasteiger partial charge in [0.15, 0.2) is 0 Å². The van der Waals surface area contributed by atoms with E-state index in [0.717, 1.165) is 16.7 Å². The van der Waals surface area contributed by atoms with Crippen molar-refractivity contribution in [3.63, 3.8) is 0 Å². The Balaban J connectivity index is 1.81. The molecule has 26 heavy (non-hydrogen) atoms. The van der Waals surface area contributed by atoms with Crippen LogP contribution in [0, 0.1) is 5.41 Å². The molecule has 1 aliphatic heterocycles. The Morgan fingerprint density at radius 3 is 2.65 bits per heavy atom. The van der Waals surface area contributed by atoms with Crippen molar-refractivity contribution in [3.05, 3.63) is 60.1 Å². The predicted octanol–water partition coefficient (Wildman–Crippen LogP) is 3.83. The third-order valence-electron chi connectivity index (χ3n) is 4.67. The Morgan fingerprint density at radius 1 is 1.15 bits per heavy atom. The van der Waals surface area contributed by atoms with Crippen LogP contribution >= 0.6 is 0 Å². The van der Waals surface area contributed by atoms with Crippen LogP contribution < -0.4 is 9.64 Å². The Kier molecular flexibility index (Phi) is 3.88. The lowest BCUT2D eigenvalue weighted by molar-refractivity contribution is 0.406. The number of amidine groups is 1. The Labute approximate surface area is 151 Å². The number of aliphatic hydroxyl groups is 1. The molecule has 0 unspecified atom stereocenters. The average molecular weight is 348 g/mol. The molecule has 0 spiro atoms. The Morgan fingerprint density at radius 2 is 1.88 bits per heavy atom. The first-order valence-electron chi connectivity index (χ1n) is 8.53. The molecule has 0 atom stereocenters. The van der Waals surface area contributed by atoms with Crippen LogP contribution in [0.1, 0.15) is 12.7 Å². The van der Waals surface area contributed by atoms with Crippen molar-refractivity contribution in [1.29, 1.82) is 5.41 Å². The van der Waals surface area contributed by atoms with Crippen LogP contribution in [-0.2, 0) is 6.54 Å². The van der Waals surface area contributed by atoms with Gasteiger partial charge in [0.2, 0.25) is 0 Å². The second kappa shape index (κ2) is 6.22. The van der Waals surface area contributed by atoms with E-state index in [0.29, 0.717) is 23.7 Å². The molecular weight excluding hydrogens is 328 g/mol. The molecule has 0 fully saturated rings. The average Bonchev–Trinajstić information content (AvgIpc) is 3.17. The van der Waals surface area contributed by atoms with Gasteiger partial charge < -0.3 is 19.3 Å². The number of nitrogens with one attached hydrogen (secondary N) is 1. The van der Waals surface area contributed by atoms with Crippen LogP contribution in [0.3, 0.4) is 0 Å². The highest BCUT2D eigenvalue weighted by atomic mass is 16.5. The molecule has 6 nitrogen and oxygen atoms in total. The molecule has 4 rings (SSSR count). The summed E-state index contributed by atoms with van der Waals surface area (Å²) >= 11 is 0. The number of hydrogen-bond acceptors (Lipinski definition) is 4. The van der Waals surface area contributed by atoms with E-state index in [1.165, 1.54) is 0 Å². The first kappa shape index (κ1) is 16.2. The molecule has 0 bridgehead atoms. The van der Waals surface area contributed by atoms with Gasteiger partial charge in [-0.2, -0.15) is 0 Å². The summed E-state index contributed by atoms with van der Waals surface area (Å²) < 4.78 is 7.44. The highest BCUT2D eigenvalue weighted by Crippen LogP contribution is 2.36. The molecule has 0 saturated heterocycles. The molecule has 0 amide bonds. The number of aromatic nitrogens is 2. The summed E-state index contributed by atoms with van der Waals surface area (Å²) in [7, 11) is 1.60. The van der Waals surface area contributed by atoms with Crippen molar-refractivity contribution in [2.45, 2.75) is 13.5 Å². The van der Waals surface area contributed by atoms with E-state index in [4.69, 9.17) is 10.1 Å². The van der Waals surface area contributed by atoms with Gasteiger partial charge in [-0.1, -0.05) is 24.3 Å². The number of hydrogen-bond donors (Lipinski definition) is 2. The molecule has 0 radical (unpaired) electrons. The molecule has 0 aliphatic carbocycles. The fourth-order valence-corrected chi connectivity index (χ4v) is 3.46. The third-order valence-corrected chi connectivity index (χ3v) is 4.67. The minimum Gasteiger partial charge on any atom is -0.509 e. The maximum atomic E-state index is 10.7. The second-order valence-electron chi connectivity index (χ2n) is 6.10. The first-order valence-corrected chi connectivity index (χ1v) is 8.53. The van der Waals surface area contributed by atoms with E-state index in [9.17, 15) is 5.11 Å². The van der Waals surface area contributed by atoms with Gasteiger partial charge in [0.05, 0.1) is 35.9 Å². The van der Waals surface area contributed by atoms with E-state index < -0.39 is 0 Å². The minimum atomic E-state index is 0.144. The van der Waals surface area contributed by atoms with Crippen LogP contribution in [0.5, 0.6) is 5.75 Å². The normalized spacial score (nSPS) is 14.5. The fourth-order valence-electron chi connectivity index (χ4n) is 3.46. The molecule has 6 heteroatoms. The number of ether oxygens (including phenoxy) is 1. The van der Waals surface area contributed by atoms with Gasteiger partial charge in [-0.25, -0.2) is 4.98 Å². The number of anilines is 1. The molecule has 2 aromatic carbocycles. The van der Waals surface area contributed by atoms with E-state index in [-0.39, 0.29) is 18.1 Å². The van der Waals surface area contributed by atoms with Crippen molar-refractivity contribution >= 4 is 28.1 Å². The maximum Gasteiger partial charge on any atom is 0.148 e. The largest absolute Gasteiger partial charge is 0.509 e. The zero-order valence-corrected chi connectivity index (χ0v) is 14.7. The molecular formula is C20H20N4O2. The van der Waals surface area contributed by atoms with Crippen molar-refractivity contribution < 1.29 is 9.84 Å². The van der Waals surface area contributed by atoms with Gasteiger partial charge in [0.25, 0.3) is 0 Å². The number of aliphatic hydroxyl groups excluding tert-OH is 1. The zero-order chi connectivity index (χ0) is 18.3. The van der Waals surface area contributed by atoms with Crippen molar-refractivity contribution in [1.82, 2.24) is 9.55 Å². The number of nitrogens with zero attached hydrogens (tertiary/aromatic N) is 3. The predicted molar refractivity (Wildman–Crippen MR) is 103 cm³/mol. The smallest absolute Gasteiger partial charge is 0.148 e. The number of aryl methyl sites for hydroxylation is 1. The number of para-hydroxylation sites is 4. The van der Waals surface area contributed by atoms with Crippen LogP contribution in [-0.4, -0.2) is 34.1 Å². The van der Waals surface area contributed by atoms with Gasteiger partial charge in [-0.15, -0.1) is 0 Å². The van der Waals surface area contributed by atoms with Gasteiger partial charge in [-0.3, -0.25) is 5.41 Å². The summed E-state index contributed by atoms with van der Waals surface area (Å²) in [4.78, 5) is 6.42. The molecule has 3 aromatic rings. The van der Waals surface area contributed by atoms with Gasteiger partial charge in [0.1, 0.15) is 23.2 Å². The third kappa shape index (κ3) is 2.34. The number of imidazole rings is 1. The van der Waals surface area contributed by atoms with Gasteiger partial charge >= 0.3 is 0 Å². The van der Waals surface area contributed by atoms with E-state index >= 15 is 0 Å².